The molecule has 0 aliphatic carbocycles. The Morgan fingerprint density at radius 2 is 1.21 bits per heavy atom. The van der Waals surface area contributed by atoms with Crippen LogP contribution in [-0.4, -0.2) is 47.1 Å². The Balaban J connectivity index is 0.000000332. The van der Waals surface area contributed by atoms with Gasteiger partial charge in [0.15, 0.2) is 0 Å². The fourth-order valence-electron chi connectivity index (χ4n) is 3.55. The average molecular weight is 587 g/mol. The number of aryl methyl sites for hydroxylation is 2. The number of anilines is 2. The van der Waals surface area contributed by atoms with Gasteiger partial charge in [-0.1, -0.05) is 11.8 Å². The van der Waals surface area contributed by atoms with E-state index in [0.29, 0.717) is 16.9 Å². The molecule has 0 saturated carbocycles. The summed E-state index contributed by atoms with van der Waals surface area (Å²) in [6.07, 6.45) is 0. The highest BCUT2D eigenvalue weighted by Crippen LogP contribution is 2.13. The number of rotatable bonds is 6. The maximum atomic E-state index is 12.2. The fraction of sp³-hybridized carbons (Fsp3) is 0.353. The van der Waals surface area contributed by atoms with Crippen molar-refractivity contribution in [3.8, 4) is 11.8 Å². The molecule has 4 N–H and O–H groups in total. The van der Waals surface area contributed by atoms with Crippen molar-refractivity contribution in [2.45, 2.75) is 66.6 Å². The normalized spacial score (nSPS) is 10.8. The number of nitrogen functional groups attached to an aromatic ring is 1. The van der Waals surface area contributed by atoms with Gasteiger partial charge in [0.25, 0.3) is 5.91 Å². The van der Waals surface area contributed by atoms with Crippen LogP contribution in [0.3, 0.4) is 0 Å². The van der Waals surface area contributed by atoms with E-state index in [-0.39, 0.29) is 30.9 Å². The van der Waals surface area contributed by atoms with Gasteiger partial charge >= 0.3 is 11.9 Å². The zero-order valence-electron chi connectivity index (χ0n) is 26.3. The minimum absolute atomic E-state index is 0.00346. The summed E-state index contributed by atoms with van der Waals surface area (Å²) in [5.41, 5.74) is 10.2. The third kappa shape index (κ3) is 14.7. The number of hydrogen-bond acceptors (Lipinski definition) is 8. The fourth-order valence-corrected chi connectivity index (χ4v) is 3.55. The molecule has 1 heterocycles. The lowest BCUT2D eigenvalue weighted by atomic mass is 10.1. The predicted molar refractivity (Wildman–Crippen MR) is 170 cm³/mol. The highest BCUT2D eigenvalue weighted by Gasteiger charge is 2.18. The van der Waals surface area contributed by atoms with Crippen LogP contribution in [0.2, 0.25) is 0 Å². The second kappa shape index (κ2) is 15.5. The molecule has 9 heteroatoms. The summed E-state index contributed by atoms with van der Waals surface area (Å²) in [4.78, 5) is 39.1. The van der Waals surface area contributed by atoms with E-state index in [0.717, 1.165) is 22.5 Å². The number of carbonyl (C=O) groups is 3. The second-order valence-electron chi connectivity index (χ2n) is 11.8. The predicted octanol–water partition coefficient (Wildman–Crippen LogP) is 5.19. The Morgan fingerprint density at radius 3 is 1.67 bits per heavy atom. The number of benzene rings is 2. The quantitative estimate of drug-likeness (QED) is 0.204. The number of nitrogens with one attached hydrogen (secondary N) is 2. The lowest BCUT2D eigenvalue weighted by Gasteiger charge is -2.20. The van der Waals surface area contributed by atoms with Gasteiger partial charge in [0.05, 0.1) is 13.1 Å². The lowest BCUT2D eigenvalue weighted by molar-refractivity contribution is -0.155. The van der Waals surface area contributed by atoms with Crippen LogP contribution in [0.15, 0.2) is 60.7 Å². The summed E-state index contributed by atoms with van der Waals surface area (Å²) >= 11 is 0. The Bertz CT molecular complexity index is 1410. The number of nitrogens with two attached hydrogens (primary N) is 1. The maximum absolute atomic E-state index is 12.2. The van der Waals surface area contributed by atoms with Gasteiger partial charge in [0.1, 0.15) is 11.2 Å². The zero-order valence-corrected chi connectivity index (χ0v) is 26.3. The number of hydrogen-bond donors (Lipinski definition) is 3. The van der Waals surface area contributed by atoms with Crippen molar-refractivity contribution < 1.29 is 23.9 Å². The van der Waals surface area contributed by atoms with Crippen molar-refractivity contribution in [1.29, 1.82) is 0 Å². The molecule has 0 fully saturated rings. The van der Waals surface area contributed by atoms with Crippen LogP contribution in [0.25, 0.3) is 0 Å². The number of esters is 2. The van der Waals surface area contributed by atoms with Crippen LogP contribution in [0.4, 0.5) is 11.4 Å². The lowest BCUT2D eigenvalue weighted by Crippen LogP contribution is -2.36. The Morgan fingerprint density at radius 1 is 0.744 bits per heavy atom. The van der Waals surface area contributed by atoms with Crippen LogP contribution < -0.4 is 16.4 Å². The summed E-state index contributed by atoms with van der Waals surface area (Å²) < 4.78 is 10.1. The summed E-state index contributed by atoms with van der Waals surface area (Å²) in [6.45, 7) is 14.6. The first kappa shape index (κ1) is 34.5. The highest BCUT2D eigenvalue weighted by atomic mass is 16.6. The molecule has 0 unspecified atom stereocenters. The molecule has 3 aromatic rings. The molecule has 1 amide bonds. The van der Waals surface area contributed by atoms with Gasteiger partial charge < -0.3 is 20.5 Å². The first-order valence-electron chi connectivity index (χ1n) is 13.9. The van der Waals surface area contributed by atoms with E-state index >= 15 is 0 Å². The van der Waals surface area contributed by atoms with Crippen LogP contribution >= 0.6 is 0 Å². The molecule has 0 bridgehead atoms. The standard InChI is InChI=1S/C22H19N3O.C12H23NO4/c1-15-13-18(14-16(2)24-15)4-3-17-5-11-21(12-6-17)25-22(26)19-7-9-20(23)10-8-19;1-11(2,3)16-9(14)7-13-8-10(15)17-12(4,5)6/h5-14H,23H2,1-2H3,(H,25,26);13H,7-8H2,1-6H3. The largest absolute Gasteiger partial charge is 0.459 e. The van der Waals surface area contributed by atoms with Crippen molar-refractivity contribution in [1.82, 2.24) is 10.3 Å². The number of pyridine rings is 1. The van der Waals surface area contributed by atoms with Gasteiger partial charge in [-0.05, 0) is 116 Å². The smallest absolute Gasteiger partial charge is 0.320 e. The number of aromatic nitrogens is 1. The highest BCUT2D eigenvalue weighted by molar-refractivity contribution is 6.04. The van der Waals surface area contributed by atoms with Crippen LogP contribution in [0.1, 0.15) is 74.4 Å². The van der Waals surface area contributed by atoms with Gasteiger partial charge in [-0.15, -0.1) is 0 Å². The number of ether oxygens (including phenoxy) is 2. The van der Waals surface area contributed by atoms with E-state index in [1.54, 1.807) is 65.8 Å². The van der Waals surface area contributed by atoms with E-state index in [4.69, 9.17) is 15.2 Å². The molecule has 0 aliphatic rings. The van der Waals surface area contributed by atoms with Gasteiger partial charge in [-0.3, -0.25) is 24.7 Å². The topological polar surface area (TPSA) is 133 Å². The SMILES string of the molecule is CC(C)(C)OC(=O)CNCC(=O)OC(C)(C)C.Cc1cc(C#Cc2ccc(NC(=O)c3ccc(N)cc3)cc2)cc(C)n1. The summed E-state index contributed by atoms with van der Waals surface area (Å²) in [5, 5.41) is 5.54. The first-order chi connectivity index (χ1) is 20.0. The molecule has 3 rings (SSSR count). The Labute approximate surface area is 254 Å². The van der Waals surface area contributed by atoms with Crippen LogP contribution in [0.5, 0.6) is 0 Å². The van der Waals surface area contributed by atoms with Crippen molar-refractivity contribution in [3.63, 3.8) is 0 Å². The molecular weight excluding hydrogens is 544 g/mol. The monoisotopic (exact) mass is 586 g/mol. The molecular formula is C34H42N4O5. The molecule has 0 saturated heterocycles. The third-order valence-electron chi connectivity index (χ3n) is 5.13. The molecule has 1 aromatic heterocycles. The number of carbonyl (C=O) groups excluding carboxylic acids is 3. The molecule has 0 radical (unpaired) electrons. The van der Waals surface area contributed by atoms with Crippen molar-refractivity contribution in [2.75, 3.05) is 24.1 Å². The average Bonchev–Trinajstić information content (AvgIpc) is 2.86. The minimum Gasteiger partial charge on any atom is -0.459 e. The number of nitrogens with zero attached hydrogens (tertiary/aromatic N) is 1. The van der Waals surface area contributed by atoms with Crippen LogP contribution in [-0.2, 0) is 19.1 Å². The molecule has 9 nitrogen and oxygen atoms in total. The Hall–Kier alpha value is -4.68. The summed E-state index contributed by atoms with van der Waals surface area (Å²) in [7, 11) is 0. The zero-order chi connectivity index (χ0) is 32.2. The summed E-state index contributed by atoms with van der Waals surface area (Å²) in [5.74, 6) is 5.32. The maximum Gasteiger partial charge on any atom is 0.320 e. The molecule has 0 spiro atoms. The Kier molecular flexibility index (Phi) is 12.5. The van der Waals surface area contributed by atoms with E-state index in [9.17, 15) is 14.4 Å². The first-order valence-corrected chi connectivity index (χ1v) is 13.9. The van der Waals surface area contributed by atoms with Crippen molar-refractivity contribution >= 4 is 29.2 Å². The van der Waals surface area contributed by atoms with E-state index in [1.165, 1.54) is 0 Å². The molecule has 0 aliphatic heterocycles. The van der Waals surface area contributed by atoms with Crippen molar-refractivity contribution in [3.05, 3.63) is 88.7 Å². The van der Waals surface area contributed by atoms with Gasteiger partial charge in [0, 0.05) is 39.5 Å². The van der Waals surface area contributed by atoms with E-state index < -0.39 is 11.2 Å². The van der Waals surface area contributed by atoms with Gasteiger partial charge in [-0.25, -0.2) is 0 Å². The molecule has 228 valence electrons. The molecule has 0 atom stereocenters. The minimum atomic E-state index is -0.509. The third-order valence-corrected chi connectivity index (χ3v) is 5.13. The molecule has 2 aromatic carbocycles. The van der Waals surface area contributed by atoms with Crippen molar-refractivity contribution in [2.24, 2.45) is 0 Å². The second-order valence-corrected chi connectivity index (χ2v) is 11.8. The van der Waals surface area contributed by atoms with E-state index in [2.05, 4.69) is 27.5 Å². The van der Waals surface area contributed by atoms with Crippen LogP contribution in [0, 0.1) is 25.7 Å². The van der Waals surface area contributed by atoms with Gasteiger partial charge in [0.2, 0.25) is 0 Å². The van der Waals surface area contributed by atoms with E-state index in [1.807, 2.05) is 50.2 Å². The molecule has 43 heavy (non-hydrogen) atoms. The summed E-state index contributed by atoms with van der Waals surface area (Å²) in [6, 6.07) is 18.2. The number of amides is 1. The van der Waals surface area contributed by atoms with Gasteiger partial charge in [-0.2, -0.15) is 0 Å².